The normalized spacial score (nSPS) is 13.6. The zero-order chi connectivity index (χ0) is 12.8. The average molecular weight is 242 g/mol. The summed E-state index contributed by atoms with van der Waals surface area (Å²) in [5.41, 5.74) is 2.48. The molecule has 0 aromatic carbocycles. The van der Waals surface area contributed by atoms with Crippen molar-refractivity contribution in [3.63, 3.8) is 0 Å². The highest BCUT2D eigenvalue weighted by Gasteiger charge is 2.41. The molecule has 0 aliphatic rings. The smallest absolute Gasteiger partial charge is 0.0650 e. The summed E-state index contributed by atoms with van der Waals surface area (Å²) < 4.78 is 0. The van der Waals surface area contributed by atoms with E-state index < -0.39 is 8.07 Å². The molecule has 96 valence electrons. The third-order valence-electron chi connectivity index (χ3n) is 4.16. The van der Waals surface area contributed by atoms with Crippen molar-refractivity contribution < 1.29 is 5.11 Å². The number of hydrogen-bond donors (Lipinski definition) is 1. The first-order valence-corrected chi connectivity index (χ1v) is 9.09. The highest BCUT2D eigenvalue weighted by molar-refractivity contribution is 6.83. The number of rotatable bonds is 7. The Bertz CT molecular complexity index is 185. The monoisotopic (exact) mass is 242 g/mol. The second-order valence-electron chi connectivity index (χ2n) is 5.76. The van der Waals surface area contributed by atoms with E-state index in [-0.39, 0.29) is 6.61 Å². The van der Waals surface area contributed by atoms with Gasteiger partial charge in [-0.05, 0) is 12.5 Å². The quantitative estimate of drug-likeness (QED) is 0.511. The van der Waals surface area contributed by atoms with Crippen molar-refractivity contribution in [3.05, 3.63) is 12.2 Å². The maximum absolute atomic E-state index is 8.78. The maximum Gasteiger partial charge on any atom is 0.0650 e. The molecule has 2 heteroatoms. The molecule has 0 amide bonds. The predicted molar refractivity (Wildman–Crippen MR) is 76.7 cm³/mol. The standard InChI is InChI=1S/C14H30OSi/c1-12(2)16(13(3)4,14(5)6)11-9-7-8-10-15/h7,9,12-15H,8,10-11H2,1-6H3/b9-7+. The van der Waals surface area contributed by atoms with Gasteiger partial charge in [-0.3, -0.25) is 0 Å². The minimum atomic E-state index is -1.25. The zero-order valence-corrected chi connectivity index (χ0v) is 13.0. The number of aliphatic hydroxyl groups is 1. The van der Waals surface area contributed by atoms with Crippen LogP contribution in [0.5, 0.6) is 0 Å². The summed E-state index contributed by atoms with van der Waals surface area (Å²) >= 11 is 0. The van der Waals surface area contributed by atoms with Crippen LogP contribution >= 0.6 is 0 Å². The van der Waals surface area contributed by atoms with Gasteiger partial charge < -0.3 is 5.11 Å². The molecule has 0 aliphatic heterocycles. The summed E-state index contributed by atoms with van der Waals surface area (Å²) in [5, 5.41) is 8.78. The fourth-order valence-electron chi connectivity index (χ4n) is 3.19. The van der Waals surface area contributed by atoms with E-state index in [0.29, 0.717) is 0 Å². The van der Waals surface area contributed by atoms with Crippen molar-refractivity contribution in [2.24, 2.45) is 0 Å². The minimum Gasteiger partial charge on any atom is -0.396 e. The van der Waals surface area contributed by atoms with Gasteiger partial charge in [0.1, 0.15) is 0 Å². The largest absolute Gasteiger partial charge is 0.396 e. The van der Waals surface area contributed by atoms with Gasteiger partial charge in [0.05, 0.1) is 8.07 Å². The Balaban J connectivity index is 4.77. The van der Waals surface area contributed by atoms with Crippen molar-refractivity contribution in [1.29, 1.82) is 0 Å². The summed E-state index contributed by atoms with van der Waals surface area (Å²) in [6.07, 6.45) is 5.27. The molecule has 0 fully saturated rings. The van der Waals surface area contributed by atoms with Crippen LogP contribution in [0.2, 0.25) is 22.7 Å². The number of aliphatic hydroxyl groups excluding tert-OH is 1. The molecular formula is C14H30OSi. The predicted octanol–water partition coefficient (Wildman–Crippen LogP) is 4.60. The lowest BCUT2D eigenvalue weighted by molar-refractivity contribution is 0.302. The van der Waals surface area contributed by atoms with Crippen molar-refractivity contribution in [1.82, 2.24) is 0 Å². The average Bonchev–Trinajstić information content (AvgIpc) is 2.16. The van der Waals surface area contributed by atoms with E-state index >= 15 is 0 Å². The van der Waals surface area contributed by atoms with Crippen LogP contribution in [0.4, 0.5) is 0 Å². The Morgan fingerprint density at radius 2 is 1.31 bits per heavy atom. The molecule has 0 spiro atoms. The third-order valence-corrected chi connectivity index (χ3v) is 11.6. The van der Waals surface area contributed by atoms with Crippen LogP contribution in [0.25, 0.3) is 0 Å². The first-order valence-electron chi connectivity index (χ1n) is 6.65. The van der Waals surface area contributed by atoms with E-state index in [0.717, 1.165) is 23.0 Å². The molecule has 0 aromatic rings. The van der Waals surface area contributed by atoms with E-state index in [2.05, 4.69) is 53.7 Å². The Morgan fingerprint density at radius 1 is 0.875 bits per heavy atom. The Labute approximate surface area is 103 Å². The summed E-state index contributed by atoms with van der Waals surface area (Å²) in [6, 6.07) is 1.26. The Kier molecular flexibility index (Phi) is 7.25. The van der Waals surface area contributed by atoms with E-state index in [1.54, 1.807) is 0 Å². The maximum atomic E-state index is 8.78. The van der Waals surface area contributed by atoms with Gasteiger partial charge in [0, 0.05) is 6.61 Å². The van der Waals surface area contributed by atoms with Gasteiger partial charge in [-0.15, -0.1) is 0 Å². The molecule has 16 heavy (non-hydrogen) atoms. The SMILES string of the molecule is CC(C)[Si](C/C=C/CCO)(C(C)C)C(C)C. The Hall–Kier alpha value is -0.0831. The molecule has 0 saturated carbocycles. The lowest BCUT2D eigenvalue weighted by Crippen LogP contribution is -2.43. The molecule has 0 heterocycles. The van der Waals surface area contributed by atoms with Crippen LogP contribution in [0.1, 0.15) is 48.0 Å². The second-order valence-corrected chi connectivity index (χ2v) is 11.9. The van der Waals surface area contributed by atoms with E-state index in [4.69, 9.17) is 5.11 Å². The molecule has 0 rings (SSSR count). The van der Waals surface area contributed by atoms with E-state index in [9.17, 15) is 0 Å². The van der Waals surface area contributed by atoms with Gasteiger partial charge >= 0.3 is 0 Å². The fourth-order valence-corrected chi connectivity index (χ4v) is 9.18. The third kappa shape index (κ3) is 3.74. The summed E-state index contributed by atoms with van der Waals surface area (Å²) in [5.74, 6) is 0. The summed E-state index contributed by atoms with van der Waals surface area (Å²) in [4.78, 5) is 0. The molecule has 0 aromatic heterocycles. The van der Waals surface area contributed by atoms with Gasteiger partial charge in [-0.2, -0.15) is 0 Å². The highest BCUT2D eigenvalue weighted by atomic mass is 28.3. The number of allylic oxidation sites excluding steroid dienone is 1. The zero-order valence-electron chi connectivity index (χ0n) is 12.0. The summed E-state index contributed by atoms with van der Waals surface area (Å²) in [7, 11) is -1.25. The molecule has 0 radical (unpaired) electrons. The van der Waals surface area contributed by atoms with Crippen LogP contribution in [0.3, 0.4) is 0 Å². The van der Waals surface area contributed by atoms with Gasteiger partial charge in [0.25, 0.3) is 0 Å². The lowest BCUT2D eigenvalue weighted by Gasteiger charge is -2.42. The Morgan fingerprint density at radius 3 is 1.62 bits per heavy atom. The first-order chi connectivity index (χ1) is 7.39. The lowest BCUT2D eigenvalue weighted by atomic mass is 10.4. The fraction of sp³-hybridized carbons (Fsp3) is 0.857. The van der Waals surface area contributed by atoms with E-state index in [1.807, 2.05) is 0 Å². The van der Waals surface area contributed by atoms with Crippen molar-refractivity contribution in [3.8, 4) is 0 Å². The molecule has 0 saturated heterocycles. The van der Waals surface area contributed by atoms with Crippen molar-refractivity contribution >= 4 is 8.07 Å². The van der Waals surface area contributed by atoms with Crippen LogP contribution in [0, 0.1) is 0 Å². The molecule has 0 aliphatic carbocycles. The van der Waals surface area contributed by atoms with Gasteiger partial charge in [-0.1, -0.05) is 70.3 Å². The molecule has 0 unspecified atom stereocenters. The van der Waals surface area contributed by atoms with Gasteiger partial charge in [0.15, 0.2) is 0 Å². The van der Waals surface area contributed by atoms with Crippen LogP contribution in [0.15, 0.2) is 12.2 Å². The highest BCUT2D eigenvalue weighted by Crippen LogP contribution is 2.44. The summed E-state index contributed by atoms with van der Waals surface area (Å²) in [6.45, 7) is 14.6. The van der Waals surface area contributed by atoms with Crippen molar-refractivity contribution in [2.45, 2.75) is 70.6 Å². The first kappa shape index (κ1) is 15.9. The molecule has 0 atom stereocenters. The van der Waals surface area contributed by atoms with E-state index in [1.165, 1.54) is 6.04 Å². The molecule has 1 nitrogen and oxygen atoms in total. The van der Waals surface area contributed by atoms with Crippen LogP contribution in [-0.4, -0.2) is 19.8 Å². The second kappa shape index (κ2) is 7.28. The molecule has 0 bridgehead atoms. The molecular weight excluding hydrogens is 212 g/mol. The van der Waals surface area contributed by atoms with Gasteiger partial charge in [0.2, 0.25) is 0 Å². The molecule has 1 N–H and O–H groups in total. The van der Waals surface area contributed by atoms with Crippen LogP contribution < -0.4 is 0 Å². The van der Waals surface area contributed by atoms with Crippen molar-refractivity contribution in [2.75, 3.05) is 6.61 Å². The topological polar surface area (TPSA) is 20.2 Å². The number of hydrogen-bond acceptors (Lipinski definition) is 1. The minimum absolute atomic E-state index is 0.274. The van der Waals surface area contributed by atoms with Crippen LogP contribution in [-0.2, 0) is 0 Å². The van der Waals surface area contributed by atoms with Gasteiger partial charge in [-0.25, -0.2) is 0 Å².